The fraction of sp³-hybridized carbons (Fsp3) is 0.158. The van der Waals surface area contributed by atoms with E-state index in [0.29, 0.717) is 11.4 Å². The average Bonchev–Trinajstić information content (AvgIpc) is 3.04. The molecule has 0 fully saturated rings. The van der Waals surface area contributed by atoms with Gasteiger partial charge in [0.15, 0.2) is 5.75 Å². The summed E-state index contributed by atoms with van der Waals surface area (Å²) < 4.78 is 0. The largest absolute Gasteiger partial charge is 0.504 e. The van der Waals surface area contributed by atoms with Crippen molar-refractivity contribution in [3.05, 3.63) is 65.5 Å². The number of aryl methyl sites for hydroxylation is 1. The Bertz CT molecular complexity index is 872. The standard InChI is InChI=1S/C19H17N3O/c1-12-2-4-13(5-3-12)17-19(23)18(22-11-21-17)14-6-7-15-9-20-10-16(15)8-14/h2-8,11,20,23H,9-10H2,1H3. The second-order valence-electron chi connectivity index (χ2n) is 5.87. The van der Waals surface area contributed by atoms with E-state index >= 15 is 0 Å². The number of fused-ring (bicyclic) bond motifs is 1. The molecular formula is C19H17N3O. The predicted molar refractivity (Wildman–Crippen MR) is 89.8 cm³/mol. The van der Waals surface area contributed by atoms with E-state index in [2.05, 4.69) is 27.4 Å². The fourth-order valence-electron chi connectivity index (χ4n) is 2.95. The van der Waals surface area contributed by atoms with E-state index in [-0.39, 0.29) is 5.75 Å². The molecule has 0 saturated heterocycles. The van der Waals surface area contributed by atoms with Gasteiger partial charge in [0.25, 0.3) is 0 Å². The Morgan fingerprint density at radius 2 is 1.52 bits per heavy atom. The highest BCUT2D eigenvalue weighted by molar-refractivity contribution is 5.77. The van der Waals surface area contributed by atoms with Crippen LogP contribution in [-0.4, -0.2) is 15.1 Å². The van der Waals surface area contributed by atoms with Gasteiger partial charge in [0.05, 0.1) is 0 Å². The Balaban J connectivity index is 1.81. The van der Waals surface area contributed by atoms with Gasteiger partial charge in [0, 0.05) is 24.2 Å². The van der Waals surface area contributed by atoms with E-state index in [4.69, 9.17) is 0 Å². The molecule has 2 aromatic carbocycles. The molecule has 4 nitrogen and oxygen atoms in total. The molecule has 2 N–H and O–H groups in total. The van der Waals surface area contributed by atoms with E-state index in [1.165, 1.54) is 23.0 Å². The molecule has 114 valence electrons. The third-order valence-corrected chi connectivity index (χ3v) is 4.26. The van der Waals surface area contributed by atoms with Crippen LogP contribution < -0.4 is 5.32 Å². The Labute approximate surface area is 134 Å². The molecule has 0 radical (unpaired) electrons. The molecule has 23 heavy (non-hydrogen) atoms. The predicted octanol–water partition coefficient (Wildman–Crippen LogP) is 3.43. The molecule has 0 amide bonds. The SMILES string of the molecule is Cc1ccc(-c2ncnc(-c3ccc4c(c3)CNC4)c2O)cc1. The van der Waals surface area contributed by atoms with Gasteiger partial charge in [-0.2, -0.15) is 0 Å². The maximum absolute atomic E-state index is 10.7. The Kier molecular flexibility index (Phi) is 3.32. The molecule has 4 heteroatoms. The summed E-state index contributed by atoms with van der Waals surface area (Å²) >= 11 is 0. The van der Waals surface area contributed by atoms with E-state index in [9.17, 15) is 5.11 Å². The summed E-state index contributed by atoms with van der Waals surface area (Å²) in [4.78, 5) is 8.56. The van der Waals surface area contributed by atoms with Crippen LogP contribution in [0, 0.1) is 6.92 Å². The first kappa shape index (κ1) is 13.9. The summed E-state index contributed by atoms with van der Waals surface area (Å²) in [5, 5.41) is 14.0. The number of rotatable bonds is 2. The monoisotopic (exact) mass is 303 g/mol. The van der Waals surface area contributed by atoms with Crippen LogP contribution in [0.1, 0.15) is 16.7 Å². The van der Waals surface area contributed by atoms with Gasteiger partial charge in [-0.3, -0.25) is 0 Å². The van der Waals surface area contributed by atoms with Crippen LogP contribution in [0.3, 0.4) is 0 Å². The van der Waals surface area contributed by atoms with Crippen LogP contribution in [0.25, 0.3) is 22.5 Å². The van der Waals surface area contributed by atoms with Gasteiger partial charge in [-0.1, -0.05) is 42.0 Å². The van der Waals surface area contributed by atoms with Gasteiger partial charge in [-0.15, -0.1) is 0 Å². The van der Waals surface area contributed by atoms with Gasteiger partial charge in [-0.05, 0) is 24.1 Å². The van der Waals surface area contributed by atoms with Crippen molar-refractivity contribution in [2.75, 3.05) is 0 Å². The van der Waals surface area contributed by atoms with E-state index in [1.807, 2.05) is 37.3 Å². The second kappa shape index (κ2) is 5.48. The van der Waals surface area contributed by atoms with E-state index in [1.54, 1.807) is 0 Å². The zero-order chi connectivity index (χ0) is 15.8. The highest BCUT2D eigenvalue weighted by Gasteiger charge is 2.16. The molecular weight excluding hydrogens is 286 g/mol. The van der Waals surface area contributed by atoms with E-state index < -0.39 is 0 Å². The van der Waals surface area contributed by atoms with Crippen LogP contribution in [0.5, 0.6) is 5.75 Å². The van der Waals surface area contributed by atoms with E-state index in [0.717, 1.165) is 24.2 Å². The van der Waals surface area contributed by atoms with Gasteiger partial charge in [-0.25, -0.2) is 9.97 Å². The number of nitrogens with one attached hydrogen (secondary N) is 1. The molecule has 0 atom stereocenters. The summed E-state index contributed by atoms with van der Waals surface area (Å²) in [6.45, 7) is 3.80. The number of hydrogen-bond donors (Lipinski definition) is 2. The molecule has 2 heterocycles. The molecule has 0 bridgehead atoms. The lowest BCUT2D eigenvalue weighted by molar-refractivity contribution is 0.474. The van der Waals surface area contributed by atoms with Crippen molar-refractivity contribution in [3.63, 3.8) is 0 Å². The lowest BCUT2D eigenvalue weighted by Crippen LogP contribution is -1.99. The van der Waals surface area contributed by atoms with Gasteiger partial charge >= 0.3 is 0 Å². The lowest BCUT2D eigenvalue weighted by Gasteiger charge is -2.10. The minimum Gasteiger partial charge on any atom is -0.504 e. The number of nitrogens with zero attached hydrogens (tertiary/aromatic N) is 2. The maximum atomic E-state index is 10.7. The summed E-state index contributed by atoms with van der Waals surface area (Å²) in [6, 6.07) is 14.2. The Morgan fingerprint density at radius 3 is 2.30 bits per heavy atom. The van der Waals surface area contributed by atoms with Crippen LogP contribution in [0.2, 0.25) is 0 Å². The first-order valence-corrected chi connectivity index (χ1v) is 7.66. The highest BCUT2D eigenvalue weighted by Crippen LogP contribution is 2.35. The molecule has 1 aliphatic heterocycles. The van der Waals surface area contributed by atoms with Crippen molar-refractivity contribution < 1.29 is 5.11 Å². The summed E-state index contributed by atoms with van der Waals surface area (Å²) in [7, 11) is 0. The summed E-state index contributed by atoms with van der Waals surface area (Å²) in [5.41, 5.74) is 6.69. The number of benzene rings is 2. The van der Waals surface area contributed by atoms with Gasteiger partial charge in [0.2, 0.25) is 0 Å². The van der Waals surface area contributed by atoms with Crippen molar-refractivity contribution in [3.8, 4) is 28.3 Å². The third-order valence-electron chi connectivity index (χ3n) is 4.26. The van der Waals surface area contributed by atoms with Crippen LogP contribution in [-0.2, 0) is 13.1 Å². The molecule has 4 rings (SSSR count). The molecule has 0 aliphatic carbocycles. The minimum absolute atomic E-state index is 0.127. The fourth-order valence-corrected chi connectivity index (χ4v) is 2.95. The summed E-state index contributed by atoms with van der Waals surface area (Å²) in [5.74, 6) is 0.127. The number of aromatic nitrogens is 2. The average molecular weight is 303 g/mol. The maximum Gasteiger partial charge on any atom is 0.168 e. The van der Waals surface area contributed by atoms with Crippen molar-refractivity contribution in [1.82, 2.24) is 15.3 Å². The molecule has 0 spiro atoms. The molecule has 0 saturated carbocycles. The van der Waals surface area contributed by atoms with Crippen molar-refractivity contribution in [2.45, 2.75) is 20.0 Å². The third kappa shape index (κ3) is 2.47. The molecule has 0 unspecified atom stereocenters. The topological polar surface area (TPSA) is 58.0 Å². The second-order valence-corrected chi connectivity index (χ2v) is 5.87. The van der Waals surface area contributed by atoms with Crippen LogP contribution in [0.4, 0.5) is 0 Å². The number of aromatic hydroxyl groups is 1. The van der Waals surface area contributed by atoms with Crippen LogP contribution >= 0.6 is 0 Å². The molecule has 1 aromatic heterocycles. The Hall–Kier alpha value is -2.72. The first-order valence-electron chi connectivity index (χ1n) is 7.66. The quantitative estimate of drug-likeness (QED) is 0.761. The first-order chi connectivity index (χ1) is 11.2. The van der Waals surface area contributed by atoms with Crippen molar-refractivity contribution in [1.29, 1.82) is 0 Å². The van der Waals surface area contributed by atoms with Crippen LogP contribution in [0.15, 0.2) is 48.8 Å². The highest BCUT2D eigenvalue weighted by atomic mass is 16.3. The number of hydrogen-bond acceptors (Lipinski definition) is 4. The van der Waals surface area contributed by atoms with Crippen molar-refractivity contribution >= 4 is 0 Å². The zero-order valence-corrected chi connectivity index (χ0v) is 12.9. The summed E-state index contributed by atoms with van der Waals surface area (Å²) in [6.07, 6.45) is 1.51. The Morgan fingerprint density at radius 1 is 0.870 bits per heavy atom. The lowest BCUT2D eigenvalue weighted by atomic mass is 10.0. The van der Waals surface area contributed by atoms with Crippen molar-refractivity contribution in [2.24, 2.45) is 0 Å². The smallest absolute Gasteiger partial charge is 0.168 e. The van der Waals surface area contributed by atoms with Gasteiger partial charge < -0.3 is 10.4 Å². The normalized spacial score (nSPS) is 13.1. The zero-order valence-electron chi connectivity index (χ0n) is 12.9. The molecule has 1 aliphatic rings. The molecule has 3 aromatic rings. The minimum atomic E-state index is 0.127. The van der Waals surface area contributed by atoms with Gasteiger partial charge in [0.1, 0.15) is 17.7 Å².